The lowest BCUT2D eigenvalue weighted by atomic mass is 10.1. The Morgan fingerprint density at radius 1 is 1.15 bits per heavy atom. The number of aromatic nitrogens is 2. The average Bonchev–Trinajstić information content (AvgIpc) is 3.11. The molecule has 0 saturated carbocycles. The number of imide groups is 1. The summed E-state index contributed by atoms with van der Waals surface area (Å²) in [5, 5.41) is 0. The van der Waals surface area contributed by atoms with Crippen LogP contribution in [-0.2, 0) is 18.4 Å². The molecule has 0 N–H and O–H groups in total. The standard InChI is InChI=1S/C19H22N5O2/c1-11-8-6-7-9-14(11)10-23-17(25)15-16(22(5)19(23)26)20-18-21(4)12(2)13(3)24(15)18/h6-9,15H,10H2,1-5H3/q+1. The number of benzene rings is 1. The lowest BCUT2D eigenvalue weighted by molar-refractivity contribution is -0.663. The van der Waals surface area contributed by atoms with Crippen molar-refractivity contribution in [3.05, 3.63) is 46.8 Å². The molecule has 2 aliphatic rings. The summed E-state index contributed by atoms with van der Waals surface area (Å²) in [6, 6.07) is 6.88. The smallest absolute Gasteiger partial charge is 0.270 e. The van der Waals surface area contributed by atoms with Crippen LogP contribution in [0, 0.1) is 20.8 Å². The highest BCUT2D eigenvalue weighted by Crippen LogP contribution is 2.35. The molecule has 1 unspecified atom stereocenters. The summed E-state index contributed by atoms with van der Waals surface area (Å²) in [7, 11) is 3.60. The molecule has 4 rings (SSSR count). The Hall–Kier alpha value is -2.96. The second kappa shape index (κ2) is 5.52. The first-order chi connectivity index (χ1) is 12.3. The number of amidine groups is 1. The molecular formula is C19H22N5O2+. The molecule has 3 amide bonds. The number of hydrogen-bond donors (Lipinski definition) is 0. The fourth-order valence-corrected chi connectivity index (χ4v) is 3.70. The summed E-state index contributed by atoms with van der Waals surface area (Å²) in [5.41, 5.74) is 4.06. The Bertz CT molecular complexity index is 988. The molecule has 0 aliphatic carbocycles. The third-order valence-electron chi connectivity index (χ3n) is 5.57. The molecule has 1 aromatic carbocycles. The first-order valence-electron chi connectivity index (χ1n) is 8.62. The monoisotopic (exact) mass is 352 g/mol. The van der Waals surface area contributed by atoms with Gasteiger partial charge in [-0.15, -0.1) is 0 Å². The van der Waals surface area contributed by atoms with E-state index in [1.54, 1.807) is 7.05 Å². The number of amides is 3. The molecule has 1 aromatic heterocycles. The zero-order valence-electron chi connectivity index (χ0n) is 15.6. The van der Waals surface area contributed by atoms with Gasteiger partial charge in [0.25, 0.3) is 5.91 Å². The van der Waals surface area contributed by atoms with Gasteiger partial charge in [0.1, 0.15) is 11.4 Å². The van der Waals surface area contributed by atoms with Crippen molar-refractivity contribution < 1.29 is 14.2 Å². The molecular weight excluding hydrogens is 330 g/mol. The summed E-state index contributed by atoms with van der Waals surface area (Å²) in [6.07, 6.45) is 0. The van der Waals surface area contributed by atoms with Crippen LogP contribution in [0.3, 0.4) is 0 Å². The third kappa shape index (κ3) is 2.06. The summed E-state index contributed by atoms with van der Waals surface area (Å²) in [4.78, 5) is 33.5. The maximum atomic E-state index is 13.3. The van der Waals surface area contributed by atoms with Crippen LogP contribution in [0.5, 0.6) is 0 Å². The molecule has 7 heteroatoms. The van der Waals surface area contributed by atoms with Crippen molar-refractivity contribution >= 4 is 23.7 Å². The largest absolute Gasteiger partial charge is 0.401 e. The Morgan fingerprint density at radius 3 is 2.54 bits per heavy atom. The van der Waals surface area contributed by atoms with E-state index < -0.39 is 6.04 Å². The van der Waals surface area contributed by atoms with Gasteiger partial charge in [0.05, 0.1) is 13.6 Å². The fourth-order valence-electron chi connectivity index (χ4n) is 3.70. The second-order valence-corrected chi connectivity index (χ2v) is 6.96. The molecule has 7 nitrogen and oxygen atoms in total. The van der Waals surface area contributed by atoms with E-state index in [2.05, 4.69) is 4.99 Å². The van der Waals surface area contributed by atoms with Crippen LogP contribution in [-0.4, -0.2) is 39.2 Å². The minimum Gasteiger partial charge on any atom is -0.270 e. The normalized spacial score (nSPS) is 19.0. The van der Waals surface area contributed by atoms with Gasteiger partial charge in [-0.1, -0.05) is 29.3 Å². The van der Waals surface area contributed by atoms with Crippen LogP contribution in [0.2, 0.25) is 0 Å². The van der Waals surface area contributed by atoms with Crippen LogP contribution in [0.1, 0.15) is 28.6 Å². The number of aliphatic imine (C=N–C) groups is 1. The molecule has 2 aliphatic heterocycles. The van der Waals surface area contributed by atoms with Gasteiger partial charge in [0.15, 0.2) is 0 Å². The summed E-state index contributed by atoms with van der Waals surface area (Å²) < 4.78 is 3.89. The topological polar surface area (TPSA) is 61.8 Å². The Balaban J connectivity index is 1.78. The number of likely N-dealkylation sites (N-methyl/N-ethyl adjacent to an activating group) is 1. The number of aryl methyl sites for hydroxylation is 1. The Morgan fingerprint density at radius 2 is 1.85 bits per heavy atom. The summed E-state index contributed by atoms with van der Waals surface area (Å²) in [5.74, 6) is 0.966. The van der Waals surface area contributed by atoms with Crippen molar-refractivity contribution in [2.24, 2.45) is 12.0 Å². The van der Waals surface area contributed by atoms with E-state index in [0.717, 1.165) is 22.5 Å². The maximum absolute atomic E-state index is 13.3. The van der Waals surface area contributed by atoms with E-state index in [1.165, 1.54) is 9.80 Å². The zero-order chi connectivity index (χ0) is 18.7. The van der Waals surface area contributed by atoms with Crippen molar-refractivity contribution in [3.8, 4) is 0 Å². The van der Waals surface area contributed by atoms with Crippen LogP contribution >= 0.6 is 0 Å². The fraction of sp³-hybridized carbons (Fsp3) is 0.368. The highest BCUT2D eigenvalue weighted by Gasteiger charge is 2.53. The third-order valence-corrected chi connectivity index (χ3v) is 5.57. The van der Waals surface area contributed by atoms with Gasteiger partial charge in [-0.05, 0) is 31.9 Å². The maximum Gasteiger partial charge on any atom is 0.401 e. The van der Waals surface area contributed by atoms with Crippen molar-refractivity contribution in [2.75, 3.05) is 7.05 Å². The van der Waals surface area contributed by atoms with Gasteiger partial charge < -0.3 is 0 Å². The number of carbonyl (C=O) groups is 2. The van der Waals surface area contributed by atoms with Crippen molar-refractivity contribution in [1.29, 1.82) is 0 Å². The average molecular weight is 352 g/mol. The first-order valence-corrected chi connectivity index (χ1v) is 8.62. The lowest BCUT2D eigenvalue weighted by Crippen LogP contribution is -2.57. The molecule has 0 radical (unpaired) electrons. The number of rotatable bonds is 2. The van der Waals surface area contributed by atoms with Crippen LogP contribution < -0.4 is 4.57 Å². The molecule has 0 spiro atoms. The van der Waals surface area contributed by atoms with Gasteiger partial charge in [-0.2, -0.15) is 0 Å². The number of fused-ring (bicyclic) bond motifs is 3. The minimum atomic E-state index is -0.586. The number of urea groups is 1. The first kappa shape index (κ1) is 16.5. The highest BCUT2D eigenvalue weighted by molar-refractivity contribution is 6.20. The molecule has 1 fully saturated rings. The van der Waals surface area contributed by atoms with Crippen molar-refractivity contribution in [1.82, 2.24) is 14.4 Å². The zero-order valence-corrected chi connectivity index (χ0v) is 15.6. The van der Waals surface area contributed by atoms with Crippen molar-refractivity contribution in [2.45, 2.75) is 33.4 Å². The van der Waals surface area contributed by atoms with Crippen LogP contribution in [0.15, 0.2) is 29.3 Å². The number of carbonyl (C=O) groups excluding carboxylic acids is 2. The molecule has 1 atom stereocenters. The van der Waals surface area contributed by atoms with Crippen LogP contribution in [0.25, 0.3) is 0 Å². The minimum absolute atomic E-state index is 0.229. The van der Waals surface area contributed by atoms with E-state index >= 15 is 0 Å². The van der Waals surface area contributed by atoms with Gasteiger partial charge >= 0.3 is 12.0 Å². The van der Waals surface area contributed by atoms with E-state index in [1.807, 2.05) is 61.2 Å². The predicted octanol–water partition coefficient (Wildman–Crippen LogP) is 1.92. The lowest BCUT2D eigenvalue weighted by Gasteiger charge is -2.33. The molecule has 26 heavy (non-hydrogen) atoms. The second-order valence-electron chi connectivity index (χ2n) is 6.96. The molecule has 134 valence electrons. The SMILES string of the molecule is Cc1ccccc1CN1C(=O)C2C(=Nc3n2c(C)c(C)[n+]3C)N(C)C1=O. The van der Waals surface area contributed by atoms with Gasteiger partial charge in [0, 0.05) is 7.05 Å². The number of hydrogen-bond acceptors (Lipinski definition) is 3. The summed E-state index contributed by atoms with van der Waals surface area (Å²) in [6.45, 7) is 6.23. The molecule has 3 heterocycles. The summed E-state index contributed by atoms with van der Waals surface area (Å²) >= 11 is 0. The van der Waals surface area contributed by atoms with Gasteiger partial charge in [-0.25, -0.2) is 13.9 Å². The molecule has 1 saturated heterocycles. The Labute approximate surface area is 152 Å². The quantitative estimate of drug-likeness (QED) is 0.775. The van der Waals surface area contributed by atoms with E-state index in [9.17, 15) is 9.59 Å². The van der Waals surface area contributed by atoms with Gasteiger partial charge in [0.2, 0.25) is 11.9 Å². The predicted molar refractivity (Wildman–Crippen MR) is 96.1 cm³/mol. The van der Waals surface area contributed by atoms with E-state index in [0.29, 0.717) is 11.8 Å². The highest BCUT2D eigenvalue weighted by atomic mass is 16.2. The number of nitrogens with zero attached hydrogens (tertiary/aromatic N) is 5. The van der Waals surface area contributed by atoms with Crippen molar-refractivity contribution in [3.63, 3.8) is 0 Å². The van der Waals surface area contributed by atoms with E-state index in [-0.39, 0.29) is 18.5 Å². The van der Waals surface area contributed by atoms with Crippen LogP contribution in [0.4, 0.5) is 10.7 Å². The molecule has 0 bridgehead atoms. The molecule has 2 aromatic rings. The van der Waals surface area contributed by atoms with E-state index in [4.69, 9.17) is 0 Å². The Kier molecular flexibility index (Phi) is 3.50. The van der Waals surface area contributed by atoms with Gasteiger partial charge in [-0.3, -0.25) is 14.6 Å². The number of imidazole rings is 1.